The topological polar surface area (TPSA) is 55.6 Å². The number of carbonyl (C=O) groups is 1. The van der Waals surface area contributed by atoms with Gasteiger partial charge in [0.2, 0.25) is 11.8 Å². The number of nitrogens with zero attached hydrogens (tertiary/aromatic N) is 1. The lowest BCUT2D eigenvalue weighted by Crippen LogP contribution is -2.50. The quantitative estimate of drug-likeness (QED) is 0.807. The van der Waals surface area contributed by atoms with Gasteiger partial charge in [0.05, 0.1) is 12.7 Å². The number of hydrogen-bond donors (Lipinski definition) is 1. The van der Waals surface area contributed by atoms with E-state index in [-0.39, 0.29) is 24.9 Å². The Morgan fingerprint density at radius 1 is 1.50 bits per heavy atom. The molecule has 1 saturated carbocycles. The molecule has 104 valence electrons. The highest BCUT2D eigenvalue weighted by molar-refractivity contribution is 5.79. The Morgan fingerprint density at radius 2 is 2.28 bits per heavy atom. The lowest BCUT2D eigenvalue weighted by atomic mass is 9.85. The average molecular weight is 262 g/mol. The molecule has 2 fully saturated rings. The third kappa shape index (κ3) is 3.17. The number of alkyl halides is 2. The number of carbonyl (C=O) groups excluding carboxylic acids is 1. The van der Waals surface area contributed by atoms with Crippen LogP contribution in [-0.4, -0.2) is 49.1 Å². The average Bonchev–Trinajstić information content (AvgIpc) is 2.37. The van der Waals surface area contributed by atoms with Gasteiger partial charge in [0.15, 0.2) is 0 Å². The zero-order chi connectivity index (χ0) is 13.2. The van der Waals surface area contributed by atoms with Gasteiger partial charge in [-0.3, -0.25) is 4.79 Å². The molecule has 0 bridgehead atoms. The van der Waals surface area contributed by atoms with Gasteiger partial charge in [-0.25, -0.2) is 8.78 Å². The molecule has 2 atom stereocenters. The van der Waals surface area contributed by atoms with Crippen molar-refractivity contribution < 1.29 is 18.3 Å². The summed E-state index contributed by atoms with van der Waals surface area (Å²) in [6, 6.07) is 0. The highest BCUT2D eigenvalue weighted by Crippen LogP contribution is 2.37. The fraction of sp³-hybridized carbons (Fsp3) is 0.917. The van der Waals surface area contributed by atoms with Gasteiger partial charge in [0, 0.05) is 38.4 Å². The Hall–Kier alpha value is -0.750. The minimum Gasteiger partial charge on any atom is -0.373 e. The molecule has 1 heterocycles. The van der Waals surface area contributed by atoms with Crippen LogP contribution in [-0.2, 0) is 9.53 Å². The minimum absolute atomic E-state index is 0.0919. The summed E-state index contributed by atoms with van der Waals surface area (Å²) in [5.74, 6) is -3.38. The molecule has 1 saturated heterocycles. The van der Waals surface area contributed by atoms with E-state index in [1.165, 1.54) is 0 Å². The molecule has 0 aromatic rings. The fourth-order valence-electron chi connectivity index (χ4n) is 2.70. The summed E-state index contributed by atoms with van der Waals surface area (Å²) in [5, 5.41) is 0. The van der Waals surface area contributed by atoms with E-state index in [9.17, 15) is 13.6 Å². The lowest BCUT2D eigenvalue weighted by molar-refractivity contribution is -0.149. The van der Waals surface area contributed by atoms with Crippen molar-refractivity contribution in [1.29, 1.82) is 0 Å². The molecule has 0 radical (unpaired) electrons. The number of amides is 1. The van der Waals surface area contributed by atoms with Crippen LogP contribution in [0.15, 0.2) is 0 Å². The summed E-state index contributed by atoms with van der Waals surface area (Å²) in [6.45, 7) is 1.70. The van der Waals surface area contributed by atoms with Gasteiger partial charge in [-0.2, -0.15) is 0 Å². The van der Waals surface area contributed by atoms with Crippen LogP contribution in [0.2, 0.25) is 0 Å². The molecule has 2 rings (SSSR count). The molecule has 1 aliphatic heterocycles. The Morgan fingerprint density at radius 3 is 2.94 bits per heavy atom. The van der Waals surface area contributed by atoms with Crippen molar-refractivity contribution >= 4 is 5.91 Å². The van der Waals surface area contributed by atoms with Crippen molar-refractivity contribution in [3.05, 3.63) is 0 Å². The fourth-order valence-corrected chi connectivity index (χ4v) is 2.70. The summed E-state index contributed by atoms with van der Waals surface area (Å²) in [5.41, 5.74) is 5.50. The maximum Gasteiger partial charge on any atom is 0.248 e. The third-order valence-electron chi connectivity index (χ3n) is 3.70. The van der Waals surface area contributed by atoms with E-state index in [0.717, 1.165) is 0 Å². The van der Waals surface area contributed by atoms with Crippen LogP contribution in [0.5, 0.6) is 0 Å². The number of nitrogens with two attached hydrogens (primary N) is 1. The van der Waals surface area contributed by atoms with Crippen molar-refractivity contribution in [2.75, 3.05) is 26.2 Å². The normalized spacial score (nSPS) is 32.3. The first kappa shape index (κ1) is 13.7. The van der Waals surface area contributed by atoms with Gasteiger partial charge in [0.1, 0.15) is 0 Å². The monoisotopic (exact) mass is 262 g/mol. The van der Waals surface area contributed by atoms with E-state index in [0.29, 0.717) is 39.1 Å². The molecule has 1 amide bonds. The highest BCUT2D eigenvalue weighted by Gasteiger charge is 2.41. The molecule has 2 N–H and O–H groups in total. The molecule has 6 heteroatoms. The van der Waals surface area contributed by atoms with E-state index in [4.69, 9.17) is 10.5 Å². The standard InChI is InChI=1S/C12H20F2N2O2/c13-12(14)3-1-2-9(6-12)11(17)16-4-5-18-10(7-15)8-16/h9-10H,1-8,15H2. The Labute approximate surface area is 105 Å². The summed E-state index contributed by atoms with van der Waals surface area (Å²) in [4.78, 5) is 13.8. The Balaban J connectivity index is 1.94. The number of rotatable bonds is 2. The second-order valence-electron chi connectivity index (χ2n) is 5.16. The summed E-state index contributed by atoms with van der Waals surface area (Å²) >= 11 is 0. The smallest absolute Gasteiger partial charge is 0.248 e. The molecular formula is C12H20F2N2O2. The van der Waals surface area contributed by atoms with E-state index < -0.39 is 11.8 Å². The third-order valence-corrected chi connectivity index (χ3v) is 3.70. The first-order valence-electron chi connectivity index (χ1n) is 6.50. The van der Waals surface area contributed by atoms with Crippen molar-refractivity contribution in [2.24, 2.45) is 11.7 Å². The zero-order valence-corrected chi connectivity index (χ0v) is 10.4. The van der Waals surface area contributed by atoms with Crippen LogP contribution in [0.4, 0.5) is 8.78 Å². The molecule has 4 nitrogen and oxygen atoms in total. The largest absolute Gasteiger partial charge is 0.373 e. The molecule has 18 heavy (non-hydrogen) atoms. The summed E-state index contributed by atoms with van der Waals surface area (Å²) in [6.07, 6.45) is 0.432. The van der Waals surface area contributed by atoms with Crippen molar-refractivity contribution in [2.45, 2.75) is 37.7 Å². The maximum atomic E-state index is 13.3. The van der Waals surface area contributed by atoms with Crippen molar-refractivity contribution in [3.8, 4) is 0 Å². The summed E-state index contributed by atoms with van der Waals surface area (Å²) in [7, 11) is 0. The zero-order valence-electron chi connectivity index (χ0n) is 10.4. The molecular weight excluding hydrogens is 242 g/mol. The predicted octanol–water partition coefficient (Wildman–Crippen LogP) is 0.998. The van der Waals surface area contributed by atoms with Gasteiger partial charge in [0.25, 0.3) is 0 Å². The van der Waals surface area contributed by atoms with Crippen LogP contribution in [0.3, 0.4) is 0 Å². The van der Waals surface area contributed by atoms with E-state index in [2.05, 4.69) is 0 Å². The van der Waals surface area contributed by atoms with Crippen LogP contribution in [0.25, 0.3) is 0 Å². The molecule has 0 aromatic carbocycles. The van der Waals surface area contributed by atoms with Crippen LogP contribution in [0, 0.1) is 5.92 Å². The van der Waals surface area contributed by atoms with Gasteiger partial charge < -0.3 is 15.4 Å². The Kier molecular flexibility index (Phi) is 4.17. The van der Waals surface area contributed by atoms with E-state index in [1.807, 2.05) is 0 Å². The van der Waals surface area contributed by atoms with Gasteiger partial charge in [-0.15, -0.1) is 0 Å². The van der Waals surface area contributed by atoms with Crippen LogP contribution in [0.1, 0.15) is 25.7 Å². The van der Waals surface area contributed by atoms with Gasteiger partial charge in [-0.05, 0) is 12.8 Å². The van der Waals surface area contributed by atoms with Crippen molar-refractivity contribution in [1.82, 2.24) is 4.90 Å². The minimum atomic E-state index is -2.68. The number of halogens is 2. The second kappa shape index (κ2) is 5.48. The second-order valence-corrected chi connectivity index (χ2v) is 5.16. The first-order valence-corrected chi connectivity index (χ1v) is 6.50. The molecule has 0 spiro atoms. The SMILES string of the molecule is NCC1CN(C(=O)C2CCCC(F)(F)C2)CCO1. The number of morpholine rings is 1. The molecule has 2 aliphatic rings. The highest BCUT2D eigenvalue weighted by atomic mass is 19.3. The lowest BCUT2D eigenvalue weighted by Gasteiger charge is -2.36. The molecule has 2 unspecified atom stereocenters. The predicted molar refractivity (Wildman–Crippen MR) is 62.3 cm³/mol. The first-order chi connectivity index (χ1) is 8.52. The molecule has 0 aromatic heterocycles. The van der Waals surface area contributed by atoms with E-state index in [1.54, 1.807) is 4.90 Å². The van der Waals surface area contributed by atoms with Crippen LogP contribution >= 0.6 is 0 Å². The molecule has 1 aliphatic carbocycles. The maximum absolute atomic E-state index is 13.3. The summed E-state index contributed by atoms with van der Waals surface area (Å²) < 4.78 is 32.0. The van der Waals surface area contributed by atoms with E-state index >= 15 is 0 Å². The number of ether oxygens (including phenoxy) is 1. The van der Waals surface area contributed by atoms with Crippen LogP contribution < -0.4 is 5.73 Å². The van der Waals surface area contributed by atoms with Gasteiger partial charge >= 0.3 is 0 Å². The van der Waals surface area contributed by atoms with Crippen molar-refractivity contribution in [3.63, 3.8) is 0 Å². The van der Waals surface area contributed by atoms with Gasteiger partial charge in [-0.1, -0.05) is 0 Å². The number of hydrogen-bond acceptors (Lipinski definition) is 3. The Bertz CT molecular complexity index is 312.